The molecule has 1 aliphatic rings. The first-order valence-corrected chi connectivity index (χ1v) is 7.04. The molecule has 1 aliphatic heterocycles. The maximum atomic E-state index is 12.2. The van der Waals surface area contributed by atoms with Crippen molar-refractivity contribution in [2.75, 3.05) is 6.54 Å². The summed E-state index contributed by atoms with van der Waals surface area (Å²) in [6.45, 7) is 7.08. The van der Waals surface area contributed by atoms with E-state index < -0.39 is 35.6 Å². The van der Waals surface area contributed by atoms with Gasteiger partial charge in [0.15, 0.2) is 0 Å². The quantitative estimate of drug-likeness (QED) is 0.484. The highest BCUT2D eigenvalue weighted by atomic mass is 16.6. The number of hydrogen-bond acceptors (Lipinski definition) is 4. The lowest BCUT2D eigenvalue weighted by molar-refractivity contribution is -0.129. The Morgan fingerprint density at radius 1 is 1.41 bits per heavy atom. The average Bonchev–Trinajstić information content (AvgIpc) is 2.86. The first-order chi connectivity index (χ1) is 10.2. The van der Waals surface area contributed by atoms with Crippen molar-refractivity contribution in [1.29, 1.82) is 0 Å². The van der Waals surface area contributed by atoms with Crippen molar-refractivity contribution >= 4 is 17.9 Å². The molecule has 0 bridgehead atoms. The lowest BCUT2D eigenvalue weighted by Gasteiger charge is -2.28. The summed E-state index contributed by atoms with van der Waals surface area (Å²) in [6.07, 6.45) is 0.614. The van der Waals surface area contributed by atoms with E-state index in [4.69, 9.17) is 10.3 Å². The molecule has 122 valence electrons. The largest absolute Gasteiger partial charge is 0.444 e. The topological polar surface area (TPSA) is 124 Å². The molecule has 1 saturated heterocycles. The fourth-order valence-electron chi connectivity index (χ4n) is 2.08. The highest BCUT2D eigenvalue weighted by Crippen LogP contribution is 2.21. The van der Waals surface area contributed by atoms with Gasteiger partial charge >= 0.3 is 6.09 Å². The molecule has 9 nitrogen and oxygen atoms in total. The van der Waals surface area contributed by atoms with Gasteiger partial charge in [-0.25, -0.2) is 4.79 Å². The van der Waals surface area contributed by atoms with E-state index in [2.05, 4.69) is 15.3 Å². The normalized spacial score (nSPS) is 19.1. The molecule has 0 spiro atoms. The third-order valence-corrected chi connectivity index (χ3v) is 3.06. The molecule has 9 heteroatoms. The summed E-state index contributed by atoms with van der Waals surface area (Å²) in [5, 5.41) is 5.38. The summed E-state index contributed by atoms with van der Waals surface area (Å²) in [5.74, 6) is -1.24. The average molecular weight is 311 g/mol. The van der Waals surface area contributed by atoms with Crippen LogP contribution in [0.1, 0.15) is 40.5 Å². The number of nitrogens with zero attached hydrogens (tertiary/aromatic N) is 4. The molecule has 0 aromatic carbocycles. The maximum Gasteiger partial charge on any atom is 0.410 e. The Morgan fingerprint density at radius 2 is 2.05 bits per heavy atom. The van der Waals surface area contributed by atoms with Crippen LogP contribution in [0, 0.1) is 0 Å². The number of rotatable bonds is 3. The Labute approximate surface area is 128 Å². The number of carbonyl (C=O) groups excluding carboxylic acids is 3. The monoisotopic (exact) mass is 311 g/mol. The van der Waals surface area contributed by atoms with Gasteiger partial charge in [-0.2, -0.15) is 0 Å². The van der Waals surface area contributed by atoms with Gasteiger partial charge in [-0.1, -0.05) is 0 Å². The molecule has 0 aromatic heterocycles. The molecule has 2 atom stereocenters. The zero-order chi connectivity index (χ0) is 16.9. The highest BCUT2D eigenvalue weighted by molar-refractivity contribution is 5.91. The van der Waals surface area contributed by atoms with E-state index in [1.54, 1.807) is 20.8 Å². The first kappa shape index (κ1) is 17.8. The van der Waals surface area contributed by atoms with Crippen LogP contribution in [0.25, 0.3) is 10.4 Å². The lowest BCUT2D eigenvalue weighted by atomic mass is 10.2. The number of azide groups is 1. The molecule has 3 amide bonds. The number of likely N-dealkylation sites (tertiary alicyclic amines) is 1. The van der Waals surface area contributed by atoms with Crippen LogP contribution in [-0.2, 0) is 14.3 Å². The van der Waals surface area contributed by atoms with E-state index in [1.807, 2.05) is 0 Å². The molecule has 0 saturated carbocycles. The van der Waals surface area contributed by atoms with Crippen LogP contribution in [0.4, 0.5) is 4.79 Å². The SMILES string of the molecule is C[C@H](NC(=O)[C@@H]1CCCN1C(=O)OC(C)(C)C)C(=O)N=[N+]=[N-]. The first-order valence-electron chi connectivity index (χ1n) is 7.04. The number of carbonyl (C=O) groups is 3. The third kappa shape index (κ3) is 4.92. The Balaban J connectivity index is 2.69. The third-order valence-electron chi connectivity index (χ3n) is 3.06. The van der Waals surface area contributed by atoms with Crippen molar-refractivity contribution in [2.24, 2.45) is 5.11 Å². The molecule has 0 unspecified atom stereocenters. The van der Waals surface area contributed by atoms with Gasteiger partial charge in [-0.15, -0.1) is 0 Å². The van der Waals surface area contributed by atoms with Gasteiger partial charge in [0.2, 0.25) is 11.8 Å². The molecule has 1 N–H and O–H groups in total. The van der Waals surface area contributed by atoms with Crippen molar-refractivity contribution in [2.45, 2.75) is 58.2 Å². The van der Waals surface area contributed by atoms with E-state index in [9.17, 15) is 14.4 Å². The molecule has 0 radical (unpaired) electrons. The van der Waals surface area contributed by atoms with Gasteiger partial charge < -0.3 is 10.1 Å². The Hall–Kier alpha value is -2.28. The Bertz CT molecular complexity index is 507. The highest BCUT2D eigenvalue weighted by Gasteiger charge is 2.37. The number of amides is 3. The minimum absolute atomic E-state index is 0.422. The summed E-state index contributed by atoms with van der Waals surface area (Å²) in [7, 11) is 0. The summed E-state index contributed by atoms with van der Waals surface area (Å²) >= 11 is 0. The number of nitrogens with one attached hydrogen (secondary N) is 1. The summed E-state index contributed by atoms with van der Waals surface area (Å²) in [5.41, 5.74) is 7.56. The second-order valence-electron chi connectivity index (χ2n) is 6.09. The van der Waals surface area contributed by atoms with Gasteiger partial charge in [-0.05, 0) is 51.2 Å². The molecular weight excluding hydrogens is 290 g/mol. The Kier molecular flexibility index (Phi) is 5.76. The van der Waals surface area contributed by atoms with Gasteiger partial charge in [-0.3, -0.25) is 14.5 Å². The van der Waals surface area contributed by atoms with E-state index in [-0.39, 0.29) is 0 Å². The van der Waals surface area contributed by atoms with Crippen LogP contribution in [0.2, 0.25) is 0 Å². The zero-order valence-corrected chi connectivity index (χ0v) is 13.2. The molecule has 1 fully saturated rings. The number of hydrogen-bond donors (Lipinski definition) is 1. The second kappa shape index (κ2) is 7.13. The Morgan fingerprint density at radius 3 is 2.59 bits per heavy atom. The van der Waals surface area contributed by atoms with Crippen LogP contribution >= 0.6 is 0 Å². The predicted octanol–water partition coefficient (Wildman–Crippen LogP) is 1.73. The molecule has 0 aliphatic carbocycles. The van der Waals surface area contributed by atoms with Crippen LogP contribution in [0.5, 0.6) is 0 Å². The number of ether oxygens (including phenoxy) is 1. The fourth-order valence-corrected chi connectivity index (χ4v) is 2.08. The van der Waals surface area contributed by atoms with Crippen LogP contribution < -0.4 is 5.32 Å². The van der Waals surface area contributed by atoms with Crippen molar-refractivity contribution in [3.8, 4) is 0 Å². The van der Waals surface area contributed by atoms with Gasteiger partial charge in [0, 0.05) is 11.5 Å². The van der Waals surface area contributed by atoms with Gasteiger partial charge in [0.05, 0.1) is 6.04 Å². The van der Waals surface area contributed by atoms with Crippen LogP contribution in [0.15, 0.2) is 5.11 Å². The van der Waals surface area contributed by atoms with E-state index in [0.717, 1.165) is 0 Å². The summed E-state index contributed by atoms with van der Waals surface area (Å²) < 4.78 is 5.27. The maximum absolute atomic E-state index is 12.2. The van der Waals surface area contributed by atoms with Crippen LogP contribution in [0.3, 0.4) is 0 Å². The molecule has 1 heterocycles. The molecular formula is C13H21N5O4. The second-order valence-corrected chi connectivity index (χ2v) is 6.09. The minimum Gasteiger partial charge on any atom is -0.444 e. The lowest BCUT2D eigenvalue weighted by Crippen LogP contribution is -2.50. The summed E-state index contributed by atoms with van der Waals surface area (Å²) in [6, 6.07) is -1.62. The zero-order valence-electron chi connectivity index (χ0n) is 13.2. The molecule has 1 rings (SSSR count). The molecule has 0 aromatic rings. The van der Waals surface area contributed by atoms with Crippen molar-refractivity contribution in [3.63, 3.8) is 0 Å². The molecule has 22 heavy (non-hydrogen) atoms. The standard InChI is InChI=1S/C13H21N5O4/c1-8(10(19)16-17-14)15-11(20)9-6-5-7-18(9)12(21)22-13(2,3)4/h8-9H,5-7H2,1-4H3,(H,15,20)/t8-,9-/m0/s1. The van der Waals surface area contributed by atoms with E-state index >= 15 is 0 Å². The summed E-state index contributed by atoms with van der Waals surface area (Å²) in [4.78, 5) is 39.4. The van der Waals surface area contributed by atoms with E-state index in [0.29, 0.717) is 19.4 Å². The van der Waals surface area contributed by atoms with Gasteiger partial charge in [0.1, 0.15) is 11.6 Å². The van der Waals surface area contributed by atoms with Crippen molar-refractivity contribution in [1.82, 2.24) is 10.2 Å². The van der Waals surface area contributed by atoms with E-state index in [1.165, 1.54) is 11.8 Å². The van der Waals surface area contributed by atoms with Crippen molar-refractivity contribution in [3.05, 3.63) is 10.4 Å². The minimum atomic E-state index is -0.940. The fraction of sp³-hybridized carbons (Fsp3) is 0.769. The smallest absolute Gasteiger partial charge is 0.410 e. The van der Waals surface area contributed by atoms with Crippen LogP contribution in [-0.4, -0.2) is 47.0 Å². The van der Waals surface area contributed by atoms with Gasteiger partial charge in [0.25, 0.3) is 0 Å². The van der Waals surface area contributed by atoms with Crippen molar-refractivity contribution < 1.29 is 19.1 Å². The predicted molar refractivity (Wildman–Crippen MR) is 77.7 cm³/mol.